The standard InChI is InChI=1S/C13H24N4O/c1-4-6-16-13(18)5-7-14-8-12-9-15-10-17(12)11(2)3/h9-11,14H,4-8H2,1-3H3,(H,16,18). The van der Waals surface area contributed by atoms with Crippen molar-refractivity contribution in [2.75, 3.05) is 13.1 Å². The molecule has 0 saturated carbocycles. The highest BCUT2D eigenvalue weighted by Crippen LogP contribution is 2.08. The first-order valence-corrected chi connectivity index (χ1v) is 6.63. The molecular formula is C13H24N4O. The molecule has 0 unspecified atom stereocenters. The minimum atomic E-state index is 0.113. The van der Waals surface area contributed by atoms with Crippen LogP contribution in [0.15, 0.2) is 12.5 Å². The Morgan fingerprint density at radius 1 is 1.44 bits per heavy atom. The summed E-state index contributed by atoms with van der Waals surface area (Å²) in [6.07, 6.45) is 5.21. The summed E-state index contributed by atoms with van der Waals surface area (Å²) in [5, 5.41) is 6.13. The van der Waals surface area contributed by atoms with Gasteiger partial charge in [-0.2, -0.15) is 0 Å². The summed E-state index contributed by atoms with van der Waals surface area (Å²) in [6.45, 7) is 8.51. The Kier molecular flexibility index (Phi) is 6.43. The zero-order valence-electron chi connectivity index (χ0n) is 11.6. The van der Waals surface area contributed by atoms with Gasteiger partial charge in [0.1, 0.15) is 0 Å². The minimum absolute atomic E-state index is 0.113. The summed E-state index contributed by atoms with van der Waals surface area (Å²) in [4.78, 5) is 15.5. The SMILES string of the molecule is CCCNC(=O)CCNCc1cncn1C(C)C. The highest BCUT2D eigenvalue weighted by atomic mass is 16.1. The molecule has 0 bridgehead atoms. The van der Waals surface area contributed by atoms with Gasteiger partial charge in [-0.1, -0.05) is 6.92 Å². The monoisotopic (exact) mass is 252 g/mol. The summed E-state index contributed by atoms with van der Waals surface area (Å²) in [5.41, 5.74) is 1.15. The van der Waals surface area contributed by atoms with Gasteiger partial charge in [0.25, 0.3) is 0 Å². The highest BCUT2D eigenvalue weighted by molar-refractivity contribution is 5.75. The molecule has 1 rings (SSSR count). The second-order valence-electron chi connectivity index (χ2n) is 4.66. The van der Waals surface area contributed by atoms with Crippen molar-refractivity contribution in [1.29, 1.82) is 0 Å². The zero-order valence-corrected chi connectivity index (χ0v) is 11.6. The molecule has 0 spiro atoms. The van der Waals surface area contributed by atoms with Gasteiger partial charge in [-0.05, 0) is 20.3 Å². The van der Waals surface area contributed by atoms with Crippen molar-refractivity contribution in [3.05, 3.63) is 18.2 Å². The maximum absolute atomic E-state index is 11.4. The van der Waals surface area contributed by atoms with Crippen molar-refractivity contribution >= 4 is 5.91 Å². The van der Waals surface area contributed by atoms with Crippen LogP contribution in [0.1, 0.15) is 45.3 Å². The number of hydrogen-bond donors (Lipinski definition) is 2. The van der Waals surface area contributed by atoms with E-state index in [2.05, 4.69) is 34.0 Å². The molecule has 0 aliphatic carbocycles. The summed E-state index contributed by atoms with van der Waals surface area (Å²) < 4.78 is 2.13. The quantitative estimate of drug-likeness (QED) is 0.689. The predicted molar refractivity (Wildman–Crippen MR) is 72.2 cm³/mol. The highest BCUT2D eigenvalue weighted by Gasteiger charge is 2.05. The molecular weight excluding hydrogens is 228 g/mol. The van der Waals surface area contributed by atoms with Gasteiger partial charge < -0.3 is 15.2 Å². The number of amides is 1. The van der Waals surface area contributed by atoms with Crippen LogP contribution in [0.25, 0.3) is 0 Å². The fourth-order valence-corrected chi connectivity index (χ4v) is 1.71. The van der Waals surface area contributed by atoms with Crippen LogP contribution >= 0.6 is 0 Å². The number of carbonyl (C=O) groups is 1. The average molecular weight is 252 g/mol. The Labute approximate surface area is 109 Å². The third-order valence-corrected chi connectivity index (χ3v) is 2.71. The van der Waals surface area contributed by atoms with E-state index in [1.165, 1.54) is 0 Å². The van der Waals surface area contributed by atoms with Crippen molar-refractivity contribution in [3.8, 4) is 0 Å². The molecule has 5 nitrogen and oxygen atoms in total. The van der Waals surface area contributed by atoms with Gasteiger partial charge in [-0.15, -0.1) is 0 Å². The van der Waals surface area contributed by atoms with E-state index in [0.717, 1.165) is 25.2 Å². The number of nitrogens with zero attached hydrogens (tertiary/aromatic N) is 2. The first-order valence-electron chi connectivity index (χ1n) is 6.63. The Balaban J connectivity index is 2.21. The zero-order chi connectivity index (χ0) is 13.4. The number of hydrogen-bond acceptors (Lipinski definition) is 3. The lowest BCUT2D eigenvalue weighted by Crippen LogP contribution is -2.28. The number of imidazole rings is 1. The maximum Gasteiger partial charge on any atom is 0.221 e. The molecule has 0 saturated heterocycles. The lowest BCUT2D eigenvalue weighted by atomic mass is 10.3. The number of nitrogens with one attached hydrogen (secondary N) is 2. The third-order valence-electron chi connectivity index (χ3n) is 2.71. The van der Waals surface area contributed by atoms with E-state index in [1.807, 2.05) is 19.4 Å². The summed E-state index contributed by atoms with van der Waals surface area (Å²) in [5.74, 6) is 0.113. The Morgan fingerprint density at radius 3 is 2.89 bits per heavy atom. The van der Waals surface area contributed by atoms with E-state index < -0.39 is 0 Å². The van der Waals surface area contributed by atoms with Crippen LogP contribution in [0, 0.1) is 0 Å². The smallest absolute Gasteiger partial charge is 0.221 e. The molecule has 1 heterocycles. The van der Waals surface area contributed by atoms with E-state index in [1.54, 1.807) is 0 Å². The van der Waals surface area contributed by atoms with Crippen LogP contribution in [-0.4, -0.2) is 28.5 Å². The molecule has 0 aliphatic heterocycles. The lowest BCUT2D eigenvalue weighted by Gasteiger charge is -2.12. The van der Waals surface area contributed by atoms with Gasteiger partial charge in [0.2, 0.25) is 5.91 Å². The molecule has 5 heteroatoms. The maximum atomic E-state index is 11.4. The fraction of sp³-hybridized carbons (Fsp3) is 0.692. The molecule has 0 atom stereocenters. The van der Waals surface area contributed by atoms with Gasteiger partial charge in [0.05, 0.1) is 12.0 Å². The van der Waals surface area contributed by atoms with E-state index in [0.29, 0.717) is 19.0 Å². The van der Waals surface area contributed by atoms with Crippen molar-refractivity contribution in [2.24, 2.45) is 0 Å². The summed E-state index contributed by atoms with van der Waals surface area (Å²) in [7, 11) is 0. The molecule has 18 heavy (non-hydrogen) atoms. The van der Waals surface area contributed by atoms with Gasteiger partial charge in [-0.3, -0.25) is 4.79 Å². The van der Waals surface area contributed by atoms with Crippen molar-refractivity contribution < 1.29 is 4.79 Å². The van der Waals surface area contributed by atoms with Gasteiger partial charge in [0.15, 0.2) is 0 Å². The molecule has 1 aromatic heterocycles. The number of aromatic nitrogens is 2. The molecule has 2 N–H and O–H groups in total. The van der Waals surface area contributed by atoms with Crippen molar-refractivity contribution in [3.63, 3.8) is 0 Å². The van der Waals surface area contributed by atoms with E-state index in [-0.39, 0.29) is 5.91 Å². The van der Waals surface area contributed by atoms with Crippen LogP contribution in [0.4, 0.5) is 0 Å². The molecule has 1 amide bonds. The van der Waals surface area contributed by atoms with Gasteiger partial charge in [-0.25, -0.2) is 4.98 Å². The summed E-state index contributed by atoms with van der Waals surface area (Å²) >= 11 is 0. The van der Waals surface area contributed by atoms with E-state index >= 15 is 0 Å². The molecule has 102 valence electrons. The van der Waals surface area contributed by atoms with Gasteiger partial charge in [0, 0.05) is 38.3 Å². The number of carbonyl (C=O) groups excluding carboxylic acids is 1. The van der Waals surface area contributed by atoms with Crippen LogP contribution < -0.4 is 10.6 Å². The molecule has 1 aromatic rings. The van der Waals surface area contributed by atoms with E-state index in [9.17, 15) is 4.79 Å². The fourth-order valence-electron chi connectivity index (χ4n) is 1.71. The van der Waals surface area contributed by atoms with Crippen molar-refractivity contribution in [1.82, 2.24) is 20.2 Å². The lowest BCUT2D eigenvalue weighted by molar-refractivity contribution is -0.120. The minimum Gasteiger partial charge on any atom is -0.356 e. The normalized spacial score (nSPS) is 10.9. The average Bonchev–Trinajstić information content (AvgIpc) is 2.80. The summed E-state index contributed by atoms with van der Waals surface area (Å²) in [6, 6.07) is 0.414. The molecule has 0 aliphatic rings. The molecule has 0 radical (unpaired) electrons. The third kappa shape index (κ3) is 4.87. The number of rotatable bonds is 8. The Morgan fingerprint density at radius 2 is 2.22 bits per heavy atom. The Bertz CT molecular complexity index is 360. The second-order valence-corrected chi connectivity index (χ2v) is 4.66. The van der Waals surface area contributed by atoms with Gasteiger partial charge >= 0.3 is 0 Å². The second kappa shape index (κ2) is 7.87. The van der Waals surface area contributed by atoms with Crippen LogP contribution in [0.5, 0.6) is 0 Å². The Hall–Kier alpha value is -1.36. The van der Waals surface area contributed by atoms with Crippen molar-refractivity contribution in [2.45, 2.75) is 46.2 Å². The van der Waals surface area contributed by atoms with E-state index in [4.69, 9.17) is 0 Å². The predicted octanol–water partition coefficient (Wildman–Crippen LogP) is 1.47. The van der Waals surface area contributed by atoms with Crippen LogP contribution in [-0.2, 0) is 11.3 Å². The molecule has 0 aromatic carbocycles. The first kappa shape index (κ1) is 14.7. The first-order chi connectivity index (χ1) is 8.65. The topological polar surface area (TPSA) is 59.0 Å². The molecule has 0 fully saturated rings. The largest absolute Gasteiger partial charge is 0.356 e. The van der Waals surface area contributed by atoms with Crippen LogP contribution in [0.3, 0.4) is 0 Å². The van der Waals surface area contributed by atoms with Crippen LogP contribution in [0.2, 0.25) is 0 Å².